The first-order valence-electron chi connectivity index (χ1n) is 4.62. The lowest BCUT2D eigenvalue weighted by molar-refractivity contribution is -0.137. The molecule has 90 valence electrons. The molecule has 1 rings (SSSR count). The molecule has 1 atom stereocenters. The molecule has 1 aromatic rings. The molecule has 6 heteroatoms. The first-order valence-corrected chi connectivity index (χ1v) is 4.62. The van der Waals surface area contributed by atoms with Crippen LogP contribution in [-0.4, -0.2) is 18.6 Å². The van der Waals surface area contributed by atoms with Gasteiger partial charge in [0.2, 0.25) is 0 Å². The van der Waals surface area contributed by atoms with Gasteiger partial charge in [0, 0.05) is 19.9 Å². The zero-order valence-corrected chi connectivity index (χ0v) is 9.01. The molecule has 0 fully saturated rings. The topological polar surface area (TPSA) is 48.1 Å². The second-order valence-corrected chi connectivity index (χ2v) is 3.57. The maximum Gasteiger partial charge on any atom is 0.417 e. The first kappa shape index (κ1) is 12.9. The number of halogens is 3. The summed E-state index contributed by atoms with van der Waals surface area (Å²) in [6.07, 6.45) is -3.60. The van der Waals surface area contributed by atoms with Gasteiger partial charge in [0.05, 0.1) is 11.3 Å². The Morgan fingerprint density at radius 1 is 1.38 bits per heavy atom. The van der Waals surface area contributed by atoms with Crippen molar-refractivity contribution in [1.29, 1.82) is 0 Å². The van der Waals surface area contributed by atoms with Crippen LogP contribution in [0, 0.1) is 0 Å². The molecule has 16 heavy (non-hydrogen) atoms. The van der Waals surface area contributed by atoms with Gasteiger partial charge in [-0.2, -0.15) is 13.2 Å². The monoisotopic (exact) mass is 234 g/mol. The van der Waals surface area contributed by atoms with Gasteiger partial charge in [-0.15, -0.1) is 0 Å². The van der Waals surface area contributed by atoms with E-state index in [9.17, 15) is 13.2 Å². The molecule has 0 aromatic carbocycles. The number of methoxy groups -OCH3 is 1. The fraction of sp³-hybridized carbons (Fsp3) is 0.500. The summed E-state index contributed by atoms with van der Waals surface area (Å²) < 4.78 is 42.0. The van der Waals surface area contributed by atoms with Crippen molar-refractivity contribution in [3.63, 3.8) is 0 Å². The van der Waals surface area contributed by atoms with E-state index < -0.39 is 17.3 Å². The highest BCUT2D eigenvalue weighted by atomic mass is 19.4. The number of alkyl halides is 3. The number of nitrogens with zero attached hydrogens (tertiary/aromatic N) is 1. The molecule has 1 unspecified atom stereocenters. The van der Waals surface area contributed by atoms with E-state index in [0.717, 1.165) is 12.3 Å². The van der Waals surface area contributed by atoms with E-state index in [2.05, 4.69) is 4.98 Å². The van der Waals surface area contributed by atoms with Crippen molar-refractivity contribution in [2.45, 2.75) is 18.7 Å². The summed E-state index contributed by atoms with van der Waals surface area (Å²) in [6, 6.07) is 2.24. The Morgan fingerprint density at radius 2 is 2.00 bits per heavy atom. The van der Waals surface area contributed by atoms with Crippen LogP contribution >= 0.6 is 0 Å². The standard InChI is InChI=1S/C10H13F3N2O/c1-9(6-14,16-2)8-4-3-7(5-15-8)10(11,12)13/h3-5H,6,14H2,1-2H3. The Labute approximate surface area is 91.4 Å². The van der Waals surface area contributed by atoms with Gasteiger partial charge in [-0.3, -0.25) is 4.98 Å². The Bertz CT molecular complexity index is 344. The smallest absolute Gasteiger partial charge is 0.371 e. The number of rotatable bonds is 3. The van der Waals surface area contributed by atoms with Gasteiger partial charge in [0.15, 0.2) is 0 Å². The van der Waals surface area contributed by atoms with Gasteiger partial charge in [0.25, 0.3) is 0 Å². The SMILES string of the molecule is COC(C)(CN)c1ccc(C(F)(F)F)cn1. The number of nitrogens with two attached hydrogens (primary N) is 1. The minimum absolute atomic E-state index is 0.141. The minimum atomic E-state index is -4.38. The summed E-state index contributed by atoms with van der Waals surface area (Å²) in [4.78, 5) is 3.73. The number of ether oxygens (including phenoxy) is 1. The highest BCUT2D eigenvalue weighted by Gasteiger charge is 2.32. The molecule has 0 amide bonds. The zero-order valence-electron chi connectivity index (χ0n) is 9.01. The summed E-state index contributed by atoms with van der Waals surface area (Å²) in [5.74, 6) is 0. The Morgan fingerprint density at radius 3 is 2.31 bits per heavy atom. The highest BCUT2D eigenvalue weighted by Crippen LogP contribution is 2.30. The minimum Gasteiger partial charge on any atom is -0.371 e. The number of hydrogen-bond donors (Lipinski definition) is 1. The van der Waals surface area contributed by atoms with Crippen LogP contribution in [0.4, 0.5) is 13.2 Å². The third-order valence-electron chi connectivity index (χ3n) is 2.47. The van der Waals surface area contributed by atoms with Gasteiger partial charge >= 0.3 is 6.18 Å². The van der Waals surface area contributed by atoms with Crippen molar-refractivity contribution < 1.29 is 17.9 Å². The summed E-state index contributed by atoms with van der Waals surface area (Å²) in [7, 11) is 1.44. The van der Waals surface area contributed by atoms with Crippen molar-refractivity contribution >= 4 is 0 Å². The van der Waals surface area contributed by atoms with Crippen LogP contribution in [0.5, 0.6) is 0 Å². The lowest BCUT2D eigenvalue weighted by Crippen LogP contribution is -2.34. The molecule has 0 bridgehead atoms. The van der Waals surface area contributed by atoms with Gasteiger partial charge < -0.3 is 10.5 Å². The third-order valence-corrected chi connectivity index (χ3v) is 2.47. The molecule has 0 aliphatic carbocycles. The second kappa shape index (κ2) is 4.39. The van der Waals surface area contributed by atoms with E-state index >= 15 is 0 Å². The van der Waals surface area contributed by atoms with E-state index in [1.165, 1.54) is 13.2 Å². The average Bonchev–Trinajstić information content (AvgIpc) is 2.27. The molecular weight excluding hydrogens is 221 g/mol. The van der Waals surface area contributed by atoms with Crippen LogP contribution in [0.1, 0.15) is 18.2 Å². The molecule has 0 aliphatic heterocycles. The predicted molar refractivity (Wildman–Crippen MR) is 52.7 cm³/mol. The van der Waals surface area contributed by atoms with Crippen LogP contribution in [-0.2, 0) is 16.5 Å². The van der Waals surface area contributed by atoms with E-state index in [-0.39, 0.29) is 6.54 Å². The van der Waals surface area contributed by atoms with Crippen LogP contribution < -0.4 is 5.73 Å². The molecular formula is C10H13F3N2O. The molecule has 0 radical (unpaired) electrons. The summed E-state index contributed by atoms with van der Waals surface area (Å²) >= 11 is 0. The largest absolute Gasteiger partial charge is 0.417 e. The first-order chi connectivity index (χ1) is 7.33. The number of aromatic nitrogens is 1. The fourth-order valence-electron chi connectivity index (χ4n) is 1.17. The Balaban J connectivity index is 3.04. The van der Waals surface area contributed by atoms with Crippen molar-refractivity contribution in [2.24, 2.45) is 5.73 Å². The Kier molecular flexibility index (Phi) is 3.54. The maximum atomic E-state index is 12.3. The Hall–Kier alpha value is -1.14. The molecule has 0 saturated carbocycles. The van der Waals surface area contributed by atoms with Crippen molar-refractivity contribution in [1.82, 2.24) is 4.98 Å². The molecule has 0 spiro atoms. The van der Waals surface area contributed by atoms with Crippen molar-refractivity contribution in [3.05, 3.63) is 29.6 Å². The average molecular weight is 234 g/mol. The van der Waals surface area contributed by atoms with Gasteiger partial charge in [0.1, 0.15) is 5.60 Å². The van der Waals surface area contributed by atoms with Gasteiger partial charge in [-0.25, -0.2) is 0 Å². The molecule has 0 saturated heterocycles. The quantitative estimate of drug-likeness (QED) is 0.869. The van der Waals surface area contributed by atoms with Crippen molar-refractivity contribution in [3.8, 4) is 0 Å². The van der Waals surface area contributed by atoms with E-state index in [0.29, 0.717) is 5.69 Å². The lowest BCUT2D eigenvalue weighted by Gasteiger charge is -2.25. The summed E-state index contributed by atoms with van der Waals surface area (Å²) in [5.41, 5.74) is 4.22. The van der Waals surface area contributed by atoms with E-state index in [1.807, 2.05) is 0 Å². The fourth-order valence-corrected chi connectivity index (χ4v) is 1.17. The van der Waals surface area contributed by atoms with E-state index in [4.69, 9.17) is 10.5 Å². The maximum absolute atomic E-state index is 12.3. The third kappa shape index (κ3) is 2.51. The van der Waals surface area contributed by atoms with Gasteiger partial charge in [-0.05, 0) is 19.1 Å². The molecule has 1 aromatic heterocycles. The molecule has 0 aliphatic rings. The van der Waals surface area contributed by atoms with Crippen LogP contribution in [0.3, 0.4) is 0 Å². The number of pyridine rings is 1. The van der Waals surface area contributed by atoms with Crippen LogP contribution in [0.25, 0.3) is 0 Å². The summed E-state index contributed by atoms with van der Waals surface area (Å²) in [6.45, 7) is 1.81. The van der Waals surface area contributed by atoms with Gasteiger partial charge in [-0.1, -0.05) is 0 Å². The molecule has 2 N–H and O–H groups in total. The number of hydrogen-bond acceptors (Lipinski definition) is 3. The van der Waals surface area contributed by atoms with Crippen molar-refractivity contribution in [2.75, 3.05) is 13.7 Å². The second-order valence-electron chi connectivity index (χ2n) is 3.57. The normalized spacial score (nSPS) is 15.9. The zero-order chi connectivity index (χ0) is 12.4. The van der Waals surface area contributed by atoms with Crippen LogP contribution in [0.15, 0.2) is 18.3 Å². The molecule has 3 nitrogen and oxygen atoms in total. The predicted octanol–water partition coefficient (Wildman–Crippen LogP) is 1.92. The molecule has 1 heterocycles. The highest BCUT2D eigenvalue weighted by molar-refractivity contribution is 5.20. The van der Waals surface area contributed by atoms with E-state index in [1.54, 1.807) is 6.92 Å². The lowest BCUT2D eigenvalue weighted by atomic mass is 10.0. The summed E-state index contributed by atoms with van der Waals surface area (Å²) in [5, 5.41) is 0. The van der Waals surface area contributed by atoms with Crippen LogP contribution in [0.2, 0.25) is 0 Å².